The first kappa shape index (κ1) is 49.5. The minimum absolute atomic E-state index is 0.100. The number of hydrogen-bond acceptors (Lipinski definition) is 8. The van der Waals surface area contributed by atoms with Crippen molar-refractivity contribution in [3.05, 3.63) is 150 Å². The molecule has 4 heterocycles. The molecular weight excluding hydrogens is 947 g/mol. The number of anilines is 2. The van der Waals surface area contributed by atoms with Crippen LogP contribution in [0.4, 0.5) is 20.2 Å². The first-order valence-electron chi connectivity index (χ1n) is 24.3. The highest BCUT2D eigenvalue weighted by Gasteiger charge is 2.25. The molecular formula is C54H61BrF2N6O6. The molecule has 2 fully saturated rings. The largest absolute Gasteiger partial charge is 0.477 e. The molecule has 4 aromatic carbocycles. The summed E-state index contributed by atoms with van der Waals surface area (Å²) < 4.78 is 33.0. The summed E-state index contributed by atoms with van der Waals surface area (Å²) in [6.07, 6.45) is 12.9. The molecule has 0 amide bonds. The van der Waals surface area contributed by atoms with Crippen molar-refractivity contribution in [2.24, 2.45) is 0 Å². The summed E-state index contributed by atoms with van der Waals surface area (Å²) in [6, 6.07) is 19.1. The molecule has 364 valence electrons. The molecule has 0 bridgehead atoms. The number of hydrogen-bond donors (Lipinski definition) is 3. The Morgan fingerprint density at radius 3 is 1.54 bits per heavy atom. The lowest BCUT2D eigenvalue weighted by Gasteiger charge is -2.37. The van der Waals surface area contributed by atoms with Gasteiger partial charge in [0, 0.05) is 100 Å². The Labute approximate surface area is 409 Å². The standard InChI is InChI=1S/C27H30FN3O3.C16H18FN3O3.C11H13Br/c1-2-30-17-22(27(33)34)26(32)21-14-23(28)25(15-24(21)30)31-12-10-29(11-13-31)16-19-8-5-7-18-6-3-4-9-20(18)19;1-2-19-9-11(16(22)23)15(21)10-7-12(17)14(8-13(10)19)20-5-3-18-4-6-20;12-8-10-6-3-5-9-4-1-2-7-11(9)10/h5,7-8,14-15,17H,2-4,6,9-13,16H2,1H3,(H,33,34);7-9,18H,2-6H2,1H3,(H,22,23);3,5-6H,1-2,4,7-8H2. The van der Waals surface area contributed by atoms with Gasteiger partial charge in [0.25, 0.3) is 0 Å². The van der Waals surface area contributed by atoms with Gasteiger partial charge in [0.1, 0.15) is 22.8 Å². The van der Waals surface area contributed by atoms with Crippen molar-refractivity contribution in [3.63, 3.8) is 0 Å². The van der Waals surface area contributed by atoms with Crippen molar-refractivity contribution in [2.45, 2.75) is 90.2 Å². The third-order valence-electron chi connectivity index (χ3n) is 14.1. The van der Waals surface area contributed by atoms with Gasteiger partial charge < -0.3 is 34.5 Å². The number of nitrogens with one attached hydrogen (secondary N) is 1. The van der Waals surface area contributed by atoms with Gasteiger partial charge in [0.2, 0.25) is 10.9 Å². The van der Waals surface area contributed by atoms with Crippen molar-refractivity contribution in [1.29, 1.82) is 0 Å². The maximum atomic E-state index is 15.1. The highest BCUT2D eigenvalue weighted by Crippen LogP contribution is 2.30. The molecule has 12 nitrogen and oxygen atoms in total. The number of aromatic carboxylic acids is 2. The van der Waals surface area contributed by atoms with E-state index < -0.39 is 34.4 Å². The predicted octanol–water partition coefficient (Wildman–Crippen LogP) is 8.79. The van der Waals surface area contributed by atoms with E-state index in [4.69, 9.17) is 5.11 Å². The molecule has 4 aliphatic rings. The minimum atomic E-state index is -1.30. The molecule has 0 unspecified atom stereocenters. The van der Waals surface area contributed by atoms with E-state index in [-0.39, 0.29) is 21.9 Å². The minimum Gasteiger partial charge on any atom is -0.477 e. The Bertz CT molecular complexity index is 2980. The third kappa shape index (κ3) is 10.8. The molecule has 69 heavy (non-hydrogen) atoms. The highest BCUT2D eigenvalue weighted by atomic mass is 79.9. The number of fused-ring (bicyclic) bond motifs is 4. The Balaban J connectivity index is 0.000000157. The fourth-order valence-electron chi connectivity index (χ4n) is 10.4. The Kier molecular flexibility index (Phi) is 16.0. The van der Waals surface area contributed by atoms with E-state index in [0.29, 0.717) is 61.7 Å². The van der Waals surface area contributed by atoms with E-state index in [1.165, 1.54) is 85.7 Å². The Hall–Kier alpha value is -5.90. The summed E-state index contributed by atoms with van der Waals surface area (Å²) in [5, 5.41) is 22.9. The first-order chi connectivity index (χ1) is 33.4. The molecule has 10 rings (SSSR count). The zero-order valence-electron chi connectivity index (χ0n) is 39.5. The quantitative estimate of drug-likeness (QED) is 0.121. The van der Waals surface area contributed by atoms with Crippen molar-refractivity contribution >= 4 is 61.0 Å². The van der Waals surface area contributed by atoms with E-state index in [0.717, 1.165) is 50.5 Å². The number of nitrogens with zero attached hydrogens (tertiary/aromatic N) is 5. The fraction of sp³-hybridized carbons (Fsp3) is 0.407. The van der Waals surface area contributed by atoms with Crippen molar-refractivity contribution in [3.8, 4) is 0 Å². The zero-order valence-corrected chi connectivity index (χ0v) is 41.1. The van der Waals surface area contributed by atoms with Crippen LogP contribution in [0, 0.1) is 11.6 Å². The first-order valence-corrected chi connectivity index (χ1v) is 25.4. The number of carboxylic acids is 2. The number of carbonyl (C=O) groups is 2. The van der Waals surface area contributed by atoms with Gasteiger partial charge in [0.05, 0.1) is 22.4 Å². The van der Waals surface area contributed by atoms with Crippen LogP contribution in [0.25, 0.3) is 21.8 Å². The second-order valence-electron chi connectivity index (χ2n) is 18.2. The van der Waals surface area contributed by atoms with Crippen molar-refractivity contribution in [2.75, 3.05) is 62.2 Å². The summed E-state index contributed by atoms with van der Waals surface area (Å²) in [5.41, 5.74) is 9.18. The molecule has 15 heteroatoms. The summed E-state index contributed by atoms with van der Waals surface area (Å²) in [5.74, 6) is -3.58. The lowest BCUT2D eigenvalue weighted by molar-refractivity contribution is 0.0684. The summed E-state index contributed by atoms with van der Waals surface area (Å²) in [4.78, 5) is 54.0. The molecule has 2 saturated heterocycles. The number of piperazine rings is 2. The van der Waals surface area contributed by atoms with E-state index in [1.807, 2.05) is 23.6 Å². The topological polar surface area (TPSA) is 140 Å². The number of aryl methyl sites for hydroxylation is 4. The van der Waals surface area contributed by atoms with Crippen LogP contribution in [0.1, 0.15) is 93.6 Å². The second kappa shape index (κ2) is 22.2. The van der Waals surface area contributed by atoms with Crippen LogP contribution < -0.4 is 26.0 Å². The maximum absolute atomic E-state index is 15.1. The molecule has 0 spiro atoms. The van der Waals surface area contributed by atoms with Gasteiger partial charge in [-0.3, -0.25) is 14.5 Å². The molecule has 2 aliphatic carbocycles. The van der Waals surface area contributed by atoms with Gasteiger partial charge in [-0.05, 0) is 123 Å². The number of rotatable bonds is 9. The molecule has 0 radical (unpaired) electrons. The van der Waals surface area contributed by atoms with Crippen LogP contribution in [0.5, 0.6) is 0 Å². The zero-order chi connectivity index (χ0) is 48.8. The predicted molar refractivity (Wildman–Crippen MR) is 273 cm³/mol. The van der Waals surface area contributed by atoms with Crippen LogP contribution in [-0.2, 0) is 50.6 Å². The normalized spacial score (nSPS) is 16.0. The van der Waals surface area contributed by atoms with Gasteiger partial charge in [0.15, 0.2) is 0 Å². The number of carboxylic acid groups (broad SMARTS) is 2. The van der Waals surface area contributed by atoms with Gasteiger partial charge in [-0.2, -0.15) is 0 Å². The van der Waals surface area contributed by atoms with Gasteiger partial charge in [-0.1, -0.05) is 52.3 Å². The number of alkyl halides is 1. The van der Waals surface area contributed by atoms with E-state index in [1.54, 1.807) is 32.4 Å². The van der Waals surface area contributed by atoms with Crippen LogP contribution in [-0.4, -0.2) is 88.5 Å². The maximum Gasteiger partial charge on any atom is 0.341 e. The lowest BCUT2D eigenvalue weighted by Crippen LogP contribution is -2.46. The summed E-state index contributed by atoms with van der Waals surface area (Å²) in [6.45, 7) is 11.6. The van der Waals surface area contributed by atoms with Crippen LogP contribution in [0.3, 0.4) is 0 Å². The molecule has 6 aromatic rings. The van der Waals surface area contributed by atoms with Crippen molar-refractivity contribution in [1.82, 2.24) is 19.4 Å². The van der Waals surface area contributed by atoms with Crippen LogP contribution >= 0.6 is 15.9 Å². The lowest BCUT2D eigenvalue weighted by atomic mass is 9.88. The molecule has 0 atom stereocenters. The number of pyridine rings is 2. The summed E-state index contributed by atoms with van der Waals surface area (Å²) in [7, 11) is 0. The fourth-order valence-corrected chi connectivity index (χ4v) is 10.9. The highest BCUT2D eigenvalue weighted by molar-refractivity contribution is 9.08. The average molecular weight is 1010 g/mol. The second-order valence-corrected chi connectivity index (χ2v) is 18.8. The van der Waals surface area contributed by atoms with Gasteiger partial charge in [-0.25, -0.2) is 18.4 Å². The molecule has 3 N–H and O–H groups in total. The average Bonchev–Trinajstić information content (AvgIpc) is 3.37. The van der Waals surface area contributed by atoms with E-state index in [9.17, 15) is 28.7 Å². The van der Waals surface area contributed by atoms with Gasteiger partial charge in [-0.15, -0.1) is 0 Å². The SMILES string of the molecule is BrCc1cccc2c1CCCC2.CCn1cc(C(=O)O)c(=O)c2cc(F)c(N3CCN(Cc4cccc5c4CCCC5)CC3)cc21.CCn1cc(C(=O)O)c(=O)c2cc(F)c(N3CCNCC3)cc21. The Morgan fingerprint density at radius 1 is 0.623 bits per heavy atom. The number of benzene rings is 4. The van der Waals surface area contributed by atoms with Crippen LogP contribution in [0.2, 0.25) is 0 Å². The molecule has 0 saturated carbocycles. The van der Waals surface area contributed by atoms with Crippen LogP contribution in [0.15, 0.2) is 82.6 Å². The van der Waals surface area contributed by atoms with E-state index >= 15 is 4.39 Å². The Morgan fingerprint density at radius 2 is 1.07 bits per heavy atom. The third-order valence-corrected chi connectivity index (χ3v) is 14.7. The van der Waals surface area contributed by atoms with E-state index in [2.05, 4.69) is 62.5 Å². The number of halogens is 3. The monoisotopic (exact) mass is 1010 g/mol. The molecule has 2 aromatic heterocycles. The van der Waals surface area contributed by atoms with Gasteiger partial charge >= 0.3 is 11.9 Å². The van der Waals surface area contributed by atoms with Crippen molar-refractivity contribution < 1.29 is 28.6 Å². The number of aromatic nitrogens is 2. The smallest absolute Gasteiger partial charge is 0.341 e. The summed E-state index contributed by atoms with van der Waals surface area (Å²) >= 11 is 3.54. The molecule has 2 aliphatic heterocycles.